The molecule has 2 N–H and O–H groups in total. The molecule has 0 aromatic heterocycles. The van der Waals surface area contributed by atoms with Crippen molar-refractivity contribution in [2.24, 2.45) is 0 Å². The summed E-state index contributed by atoms with van der Waals surface area (Å²) in [4.78, 5) is 18.1. The molecule has 0 spiro atoms. The maximum absolute atomic E-state index is 9.07. The Morgan fingerprint density at radius 2 is 1.88 bits per heavy atom. The topological polar surface area (TPSA) is 49.7 Å². The molecule has 0 aliphatic heterocycles. The standard InChI is InChI=1S/C8H16Cl3O3PS/c1-2-3-4-5-7(6-8(9,10)11)14-15(12,13)16/h7H,2-6H2,1H3,(H2,12,13,16). The molecule has 1 unspecified atom stereocenters. The predicted octanol–water partition coefficient (Wildman–Crippen LogP) is 3.92. The molecule has 0 aromatic rings. The van der Waals surface area contributed by atoms with Crippen molar-refractivity contribution in [2.45, 2.75) is 48.9 Å². The molecule has 0 aromatic carbocycles. The first-order chi connectivity index (χ1) is 7.14. The molecule has 16 heavy (non-hydrogen) atoms. The second kappa shape index (κ2) is 7.75. The molecule has 0 amide bonds. The first-order valence-electron chi connectivity index (χ1n) is 4.94. The van der Waals surface area contributed by atoms with Gasteiger partial charge in [-0.3, -0.25) is 0 Å². The Morgan fingerprint density at radius 3 is 2.25 bits per heavy atom. The average Bonchev–Trinajstić information content (AvgIpc) is 1.97. The van der Waals surface area contributed by atoms with Gasteiger partial charge in [0.2, 0.25) is 0 Å². The summed E-state index contributed by atoms with van der Waals surface area (Å²) in [6.45, 7) is -1.64. The fourth-order valence-corrected chi connectivity index (χ4v) is 2.72. The molecule has 0 saturated heterocycles. The molecule has 0 fully saturated rings. The summed E-state index contributed by atoms with van der Waals surface area (Å²) >= 11 is 21.3. The second-order valence-electron chi connectivity index (χ2n) is 3.53. The van der Waals surface area contributed by atoms with Gasteiger partial charge >= 0.3 is 6.72 Å². The Hall–Kier alpha value is 1.40. The largest absolute Gasteiger partial charge is 0.325 e. The van der Waals surface area contributed by atoms with Gasteiger partial charge in [-0.1, -0.05) is 61.0 Å². The van der Waals surface area contributed by atoms with E-state index in [0.29, 0.717) is 6.42 Å². The van der Waals surface area contributed by atoms with Crippen LogP contribution in [0, 0.1) is 0 Å². The van der Waals surface area contributed by atoms with E-state index in [1.54, 1.807) is 0 Å². The van der Waals surface area contributed by atoms with Crippen molar-refractivity contribution < 1.29 is 14.3 Å². The molecule has 0 bridgehead atoms. The summed E-state index contributed by atoms with van der Waals surface area (Å²) in [6, 6.07) is 0. The van der Waals surface area contributed by atoms with Crippen LogP contribution in [-0.2, 0) is 16.3 Å². The third-order valence-corrected chi connectivity index (χ3v) is 3.17. The van der Waals surface area contributed by atoms with Crippen LogP contribution in [0.15, 0.2) is 0 Å². The molecule has 0 aliphatic carbocycles. The number of unbranched alkanes of at least 4 members (excludes halogenated alkanes) is 2. The van der Waals surface area contributed by atoms with Gasteiger partial charge in [0, 0.05) is 6.42 Å². The molecular formula is C8H16Cl3O3PS. The third-order valence-electron chi connectivity index (χ3n) is 1.88. The molecule has 8 heteroatoms. The Balaban J connectivity index is 4.22. The van der Waals surface area contributed by atoms with Gasteiger partial charge in [0.25, 0.3) is 0 Å². The Morgan fingerprint density at radius 1 is 1.31 bits per heavy atom. The van der Waals surface area contributed by atoms with Gasteiger partial charge in [-0.25, -0.2) is 0 Å². The average molecular weight is 330 g/mol. The minimum absolute atomic E-state index is 0.0981. The van der Waals surface area contributed by atoms with Crippen LogP contribution in [0.3, 0.4) is 0 Å². The summed E-state index contributed by atoms with van der Waals surface area (Å²) in [5.74, 6) is 0. The van der Waals surface area contributed by atoms with E-state index in [0.717, 1.165) is 19.3 Å². The maximum atomic E-state index is 9.07. The van der Waals surface area contributed by atoms with Crippen LogP contribution in [0.5, 0.6) is 0 Å². The minimum Gasteiger partial charge on any atom is -0.325 e. The quantitative estimate of drug-likeness (QED) is 0.422. The van der Waals surface area contributed by atoms with E-state index in [1.807, 2.05) is 0 Å². The summed E-state index contributed by atoms with van der Waals surface area (Å²) in [5, 5.41) is 0. The number of hydrogen-bond donors (Lipinski definition) is 2. The van der Waals surface area contributed by atoms with Crippen molar-refractivity contribution in [1.82, 2.24) is 0 Å². The first kappa shape index (κ1) is 17.4. The van der Waals surface area contributed by atoms with Gasteiger partial charge in [-0.15, -0.1) is 0 Å². The van der Waals surface area contributed by atoms with E-state index < -0.39 is 16.6 Å². The lowest BCUT2D eigenvalue weighted by Gasteiger charge is -2.23. The van der Waals surface area contributed by atoms with Gasteiger partial charge in [0.05, 0.1) is 6.10 Å². The zero-order chi connectivity index (χ0) is 12.8. The molecule has 0 aliphatic rings. The highest BCUT2D eigenvalue weighted by molar-refractivity contribution is 8.06. The Kier molecular flexibility index (Phi) is 8.43. The predicted molar refractivity (Wildman–Crippen MR) is 72.6 cm³/mol. The lowest BCUT2D eigenvalue weighted by molar-refractivity contribution is 0.150. The summed E-state index contributed by atoms with van der Waals surface area (Å²) in [5.41, 5.74) is 0. The fraction of sp³-hybridized carbons (Fsp3) is 1.00. The first-order valence-corrected chi connectivity index (χ1v) is 8.70. The summed E-state index contributed by atoms with van der Waals surface area (Å²) in [6.07, 6.45) is 3.10. The molecule has 0 rings (SSSR count). The van der Waals surface area contributed by atoms with Crippen LogP contribution < -0.4 is 0 Å². The van der Waals surface area contributed by atoms with Crippen LogP contribution in [-0.4, -0.2) is 19.7 Å². The highest BCUT2D eigenvalue weighted by Crippen LogP contribution is 2.43. The van der Waals surface area contributed by atoms with E-state index in [9.17, 15) is 0 Å². The van der Waals surface area contributed by atoms with E-state index >= 15 is 0 Å². The van der Waals surface area contributed by atoms with Crippen LogP contribution in [0.25, 0.3) is 0 Å². The van der Waals surface area contributed by atoms with Crippen molar-refractivity contribution in [3.8, 4) is 0 Å². The van der Waals surface area contributed by atoms with Crippen LogP contribution in [0.1, 0.15) is 39.0 Å². The molecule has 0 radical (unpaired) electrons. The van der Waals surface area contributed by atoms with Crippen LogP contribution in [0.4, 0.5) is 0 Å². The van der Waals surface area contributed by atoms with Gasteiger partial charge in [0.1, 0.15) is 0 Å². The number of rotatable bonds is 7. The smallest absolute Gasteiger partial charge is 0.322 e. The van der Waals surface area contributed by atoms with Gasteiger partial charge < -0.3 is 14.3 Å². The number of halogens is 3. The SMILES string of the molecule is CCCCCC(CC(Cl)(Cl)Cl)OP(O)(O)=S. The van der Waals surface area contributed by atoms with E-state index in [4.69, 9.17) is 49.1 Å². The van der Waals surface area contributed by atoms with Crippen molar-refractivity contribution in [1.29, 1.82) is 0 Å². The lowest BCUT2D eigenvalue weighted by Crippen LogP contribution is -2.19. The Labute approximate surface area is 116 Å². The van der Waals surface area contributed by atoms with Crippen molar-refractivity contribution >= 4 is 53.3 Å². The van der Waals surface area contributed by atoms with Crippen LogP contribution >= 0.6 is 41.5 Å². The maximum Gasteiger partial charge on any atom is 0.322 e. The molecule has 0 heterocycles. The molecular weight excluding hydrogens is 313 g/mol. The number of alkyl halides is 3. The lowest BCUT2D eigenvalue weighted by atomic mass is 10.1. The van der Waals surface area contributed by atoms with E-state index in [-0.39, 0.29) is 6.42 Å². The number of hydrogen-bond acceptors (Lipinski definition) is 2. The van der Waals surface area contributed by atoms with Gasteiger partial charge in [-0.05, 0) is 18.2 Å². The Bertz CT molecular complexity index is 241. The van der Waals surface area contributed by atoms with Crippen molar-refractivity contribution in [2.75, 3.05) is 0 Å². The van der Waals surface area contributed by atoms with Gasteiger partial charge in [-0.2, -0.15) is 0 Å². The normalized spacial score (nSPS) is 15.1. The summed E-state index contributed by atoms with van der Waals surface area (Å²) < 4.78 is 3.47. The van der Waals surface area contributed by atoms with E-state index in [1.165, 1.54) is 0 Å². The molecule has 3 nitrogen and oxygen atoms in total. The van der Waals surface area contributed by atoms with Crippen LogP contribution in [0.2, 0.25) is 0 Å². The summed E-state index contributed by atoms with van der Waals surface area (Å²) in [7, 11) is 0. The third kappa shape index (κ3) is 11.9. The monoisotopic (exact) mass is 328 g/mol. The van der Waals surface area contributed by atoms with Crippen molar-refractivity contribution in [3.05, 3.63) is 0 Å². The second-order valence-corrected chi connectivity index (χ2v) is 8.67. The fourth-order valence-electron chi connectivity index (χ4n) is 1.27. The molecule has 98 valence electrons. The minimum atomic E-state index is -3.70. The van der Waals surface area contributed by atoms with E-state index in [2.05, 4.69) is 18.7 Å². The molecule has 1 atom stereocenters. The zero-order valence-electron chi connectivity index (χ0n) is 8.90. The van der Waals surface area contributed by atoms with Gasteiger partial charge in [0.15, 0.2) is 3.79 Å². The molecule has 0 saturated carbocycles. The highest BCUT2D eigenvalue weighted by Gasteiger charge is 2.28. The zero-order valence-corrected chi connectivity index (χ0v) is 12.9. The highest BCUT2D eigenvalue weighted by atomic mass is 35.6. The van der Waals surface area contributed by atoms with Crippen molar-refractivity contribution in [3.63, 3.8) is 0 Å².